The van der Waals surface area contributed by atoms with Gasteiger partial charge >= 0.3 is 11.9 Å². The maximum atomic E-state index is 11.5. The van der Waals surface area contributed by atoms with Gasteiger partial charge < -0.3 is 9.47 Å². The molecule has 0 bridgehead atoms. The summed E-state index contributed by atoms with van der Waals surface area (Å²) in [6, 6.07) is 6.83. The zero-order valence-corrected chi connectivity index (χ0v) is 11.0. The number of nitrogens with zero attached hydrogens (tertiary/aromatic N) is 2. The second-order valence-electron chi connectivity index (χ2n) is 3.82. The van der Waals surface area contributed by atoms with E-state index in [0.29, 0.717) is 0 Å². The number of hydrogen-bond donors (Lipinski definition) is 0. The summed E-state index contributed by atoms with van der Waals surface area (Å²) in [5.41, 5.74) is -0.682. The molecular formula is C14H8N2O6. The van der Waals surface area contributed by atoms with Crippen LogP contribution in [-0.4, -0.2) is 21.9 Å². The van der Waals surface area contributed by atoms with Crippen molar-refractivity contribution in [1.82, 2.24) is 9.97 Å². The molecule has 0 radical (unpaired) electrons. The van der Waals surface area contributed by atoms with Crippen molar-refractivity contribution in [2.24, 2.45) is 0 Å². The van der Waals surface area contributed by atoms with E-state index in [1.54, 1.807) is 0 Å². The van der Waals surface area contributed by atoms with Gasteiger partial charge in [0.1, 0.15) is 0 Å². The normalized spacial score (nSPS) is 9.64. The van der Waals surface area contributed by atoms with Gasteiger partial charge in [0.05, 0.1) is 0 Å². The van der Waals surface area contributed by atoms with Gasteiger partial charge in [0.2, 0.25) is 11.8 Å². The van der Waals surface area contributed by atoms with Crippen LogP contribution >= 0.6 is 0 Å². The highest BCUT2D eigenvalue weighted by Crippen LogP contribution is 2.04. The first-order chi connectivity index (χ1) is 10.5. The monoisotopic (exact) mass is 300 g/mol. The van der Waals surface area contributed by atoms with Gasteiger partial charge in [0.25, 0.3) is 0 Å². The molecule has 2 heterocycles. The molecule has 0 aliphatic carbocycles. The molecular weight excluding hydrogens is 292 g/mol. The summed E-state index contributed by atoms with van der Waals surface area (Å²) in [4.78, 5) is 52.4. The molecule has 0 aliphatic rings. The molecule has 0 saturated heterocycles. The van der Waals surface area contributed by atoms with Crippen LogP contribution in [0.4, 0.5) is 0 Å². The molecule has 0 amide bonds. The van der Waals surface area contributed by atoms with Gasteiger partial charge in [0, 0.05) is 36.7 Å². The molecule has 0 atom stereocenters. The Labute approximate surface area is 123 Å². The van der Waals surface area contributed by atoms with Crippen molar-refractivity contribution in [3.63, 3.8) is 0 Å². The first-order valence-electron chi connectivity index (χ1n) is 5.91. The number of aromatic nitrogens is 2. The second-order valence-corrected chi connectivity index (χ2v) is 3.82. The molecule has 0 aliphatic heterocycles. The summed E-state index contributed by atoms with van der Waals surface area (Å²) in [6.45, 7) is 0. The Morgan fingerprint density at radius 2 is 1.09 bits per heavy atom. The lowest BCUT2D eigenvalue weighted by Gasteiger charge is -2.01. The van der Waals surface area contributed by atoms with Crippen molar-refractivity contribution in [3.05, 3.63) is 69.2 Å². The Balaban J connectivity index is 2.07. The van der Waals surface area contributed by atoms with Gasteiger partial charge in [-0.3, -0.25) is 9.59 Å². The van der Waals surface area contributed by atoms with Crippen molar-refractivity contribution < 1.29 is 19.1 Å². The van der Waals surface area contributed by atoms with E-state index < -0.39 is 11.9 Å². The predicted molar refractivity (Wildman–Crippen MR) is 72.3 cm³/mol. The summed E-state index contributed by atoms with van der Waals surface area (Å²) >= 11 is 0. The molecule has 0 saturated carbocycles. The molecule has 0 aromatic carbocycles. The molecule has 0 N–H and O–H groups in total. The first kappa shape index (κ1) is 15.0. The third-order valence-corrected chi connectivity index (χ3v) is 2.22. The molecule has 2 aromatic heterocycles. The van der Waals surface area contributed by atoms with E-state index in [4.69, 9.17) is 0 Å². The highest BCUT2D eigenvalue weighted by molar-refractivity contribution is 6.30. The molecule has 0 spiro atoms. The fourth-order valence-corrected chi connectivity index (χ4v) is 1.27. The first-order valence-corrected chi connectivity index (χ1v) is 5.91. The van der Waals surface area contributed by atoms with Crippen LogP contribution < -0.4 is 20.3 Å². The van der Waals surface area contributed by atoms with Crippen LogP contribution in [0.3, 0.4) is 0 Å². The average Bonchev–Trinajstić information content (AvgIpc) is 2.80. The highest BCUT2D eigenvalue weighted by atomic mass is 16.6. The Kier molecular flexibility index (Phi) is 4.66. The summed E-state index contributed by atoms with van der Waals surface area (Å²) in [6.07, 6.45) is 2.26. The highest BCUT2D eigenvalue weighted by Gasteiger charge is 2.20. The minimum Gasteiger partial charge on any atom is -0.399 e. The maximum Gasteiger partial charge on any atom is 0.424 e. The van der Waals surface area contributed by atoms with Gasteiger partial charge in [-0.2, -0.15) is 0 Å². The lowest BCUT2D eigenvalue weighted by atomic mass is 10.5. The zero-order chi connectivity index (χ0) is 15.9. The standard InChI is InChI=1S/C14H8N2O6/c17-9-1-3-11(15-7-5-9)21-13(19)14(20)22-12-4-2-10(18)6-8-16-12/h1-8H. The van der Waals surface area contributed by atoms with Crippen LogP contribution in [0.25, 0.3) is 0 Å². The Morgan fingerprint density at radius 3 is 1.50 bits per heavy atom. The van der Waals surface area contributed by atoms with E-state index in [0.717, 1.165) is 48.8 Å². The summed E-state index contributed by atoms with van der Waals surface area (Å²) in [7, 11) is 0. The predicted octanol–water partition coefficient (Wildman–Crippen LogP) is -0.292. The van der Waals surface area contributed by atoms with Crippen molar-refractivity contribution in [2.45, 2.75) is 0 Å². The molecule has 8 heteroatoms. The number of hydrogen-bond acceptors (Lipinski definition) is 8. The van der Waals surface area contributed by atoms with Gasteiger partial charge in [-0.25, -0.2) is 19.6 Å². The van der Waals surface area contributed by atoms with Crippen LogP contribution in [0.5, 0.6) is 11.8 Å². The number of rotatable bonds is 2. The molecule has 22 heavy (non-hydrogen) atoms. The SMILES string of the molecule is O=C(Oc1ccc(=O)ccn1)C(=O)Oc1ccc(=O)ccn1. The molecule has 8 nitrogen and oxygen atoms in total. The largest absolute Gasteiger partial charge is 0.424 e. The zero-order valence-electron chi connectivity index (χ0n) is 11.0. The van der Waals surface area contributed by atoms with Gasteiger partial charge in [-0.05, 0) is 12.1 Å². The lowest BCUT2D eigenvalue weighted by Crippen LogP contribution is -2.25. The number of esters is 2. The fourth-order valence-electron chi connectivity index (χ4n) is 1.27. The topological polar surface area (TPSA) is 113 Å². The van der Waals surface area contributed by atoms with E-state index in [1.807, 2.05) is 0 Å². The third-order valence-electron chi connectivity index (χ3n) is 2.22. The average molecular weight is 300 g/mol. The fraction of sp³-hybridized carbons (Fsp3) is 0. The van der Waals surface area contributed by atoms with Crippen molar-refractivity contribution in [1.29, 1.82) is 0 Å². The second kappa shape index (κ2) is 6.84. The Bertz CT molecular complexity index is 766. The summed E-state index contributed by atoms with van der Waals surface area (Å²) in [5.74, 6) is -3.17. The Morgan fingerprint density at radius 1 is 0.682 bits per heavy atom. The quantitative estimate of drug-likeness (QED) is 0.549. The van der Waals surface area contributed by atoms with Gasteiger partial charge in [-0.15, -0.1) is 0 Å². The smallest absolute Gasteiger partial charge is 0.399 e. The van der Waals surface area contributed by atoms with Crippen molar-refractivity contribution >= 4 is 11.9 Å². The van der Waals surface area contributed by atoms with E-state index in [2.05, 4.69) is 19.4 Å². The van der Waals surface area contributed by atoms with E-state index >= 15 is 0 Å². The van der Waals surface area contributed by atoms with Crippen molar-refractivity contribution in [2.75, 3.05) is 0 Å². The number of ether oxygens (including phenoxy) is 2. The van der Waals surface area contributed by atoms with E-state index in [9.17, 15) is 19.2 Å². The third kappa shape index (κ3) is 4.30. The van der Waals surface area contributed by atoms with Gasteiger partial charge in [0.15, 0.2) is 10.9 Å². The van der Waals surface area contributed by atoms with Crippen LogP contribution in [-0.2, 0) is 9.59 Å². The van der Waals surface area contributed by atoms with E-state index in [-0.39, 0.29) is 22.6 Å². The Hall–Kier alpha value is -3.42. The summed E-state index contributed by atoms with van der Waals surface area (Å²) in [5, 5.41) is 0. The minimum absolute atomic E-state index is 0.238. The minimum atomic E-state index is -1.35. The lowest BCUT2D eigenvalue weighted by molar-refractivity contribution is -0.156. The summed E-state index contributed by atoms with van der Waals surface area (Å²) < 4.78 is 9.32. The van der Waals surface area contributed by atoms with Crippen molar-refractivity contribution in [3.8, 4) is 11.8 Å². The van der Waals surface area contributed by atoms with Gasteiger partial charge in [-0.1, -0.05) is 0 Å². The maximum absolute atomic E-state index is 11.5. The van der Waals surface area contributed by atoms with Crippen LogP contribution in [0.2, 0.25) is 0 Å². The molecule has 2 rings (SSSR count). The number of carbonyl (C=O) groups is 2. The number of carbonyl (C=O) groups excluding carboxylic acids is 2. The molecule has 110 valence electrons. The molecule has 0 unspecified atom stereocenters. The molecule has 0 fully saturated rings. The van der Waals surface area contributed by atoms with E-state index in [1.165, 1.54) is 0 Å². The molecule has 2 aromatic rings. The van der Waals surface area contributed by atoms with Crippen LogP contribution in [0.15, 0.2) is 58.4 Å². The van der Waals surface area contributed by atoms with Crippen LogP contribution in [0, 0.1) is 0 Å². The van der Waals surface area contributed by atoms with Crippen LogP contribution in [0.1, 0.15) is 0 Å².